The third-order valence-corrected chi connectivity index (χ3v) is 5.32. The fourth-order valence-electron chi connectivity index (χ4n) is 2.90. The number of hydrogen-bond donors (Lipinski definition) is 1. The summed E-state index contributed by atoms with van der Waals surface area (Å²) in [6.45, 7) is 11.0. The molecule has 0 unspecified atom stereocenters. The van der Waals surface area contributed by atoms with Crippen molar-refractivity contribution in [2.24, 2.45) is 5.92 Å². The molecule has 1 aromatic rings. The number of para-hydroxylation sites is 1. The van der Waals surface area contributed by atoms with Crippen molar-refractivity contribution in [3.63, 3.8) is 0 Å². The first-order valence-electron chi connectivity index (χ1n) is 8.96. The second kappa shape index (κ2) is 10.1. The van der Waals surface area contributed by atoms with E-state index in [4.69, 9.17) is 0 Å². The van der Waals surface area contributed by atoms with E-state index < -0.39 is 0 Å². The van der Waals surface area contributed by atoms with Crippen LogP contribution in [0.25, 0.3) is 0 Å². The number of anilines is 1. The summed E-state index contributed by atoms with van der Waals surface area (Å²) in [5, 5.41) is 3.05. The molecule has 1 N–H and O–H groups in total. The molecule has 1 heterocycles. The van der Waals surface area contributed by atoms with Crippen molar-refractivity contribution in [2.45, 2.75) is 31.6 Å². The van der Waals surface area contributed by atoms with Gasteiger partial charge in [-0.2, -0.15) is 0 Å². The van der Waals surface area contributed by atoms with Gasteiger partial charge in [0.1, 0.15) is 0 Å². The van der Waals surface area contributed by atoms with Crippen LogP contribution in [-0.4, -0.2) is 61.2 Å². The highest BCUT2D eigenvalue weighted by atomic mass is 32.2. The van der Waals surface area contributed by atoms with Crippen LogP contribution in [0.3, 0.4) is 0 Å². The van der Waals surface area contributed by atoms with Crippen molar-refractivity contribution < 1.29 is 4.79 Å². The van der Waals surface area contributed by atoms with Crippen LogP contribution in [-0.2, 0) is 4.79 Å². The molecule has 1 aromatic carbocycles. The van der Waals surface area contributed by atoms with Crippen molar-refractivity contribution in [1.29, 1.82) is 0 Å². The number of carbonyl (C=O) groups excluding carboxylic acids is 1. The minimum atomic E-state index is 0.110. The molecule has 0 atom stereocenters. The summed E-state index contributed by atoms with van der Waals surface area (Å²) >= 11 is 1.66. The van der Waals surface area contributed by atoms with E-state index in [1.807, 2.05) is 30.5 Å². The van der Waals surface area contributed by atoms with Gasteiger partial charge in [-0.3, -0.25) is 4.79 Å². The fourth-order valence-corrected chi connectivity index (χ4v) is 3.45. The van der Waals surface area contributed by atoms with Crippen molar-refractivity contribution in [3.8, 4) is 0 Å². The Morgan fingerprint density at radius 2 is 1.75 bits per heavy atom. The van der Waals surface area contributed by atoms with E-state index in [0.717, 1.165) is 49.2 Å². The normalized spacial score (nSPS) is 16.5. The Hall–Kier alpha value is -1.04. The first-order valence-corrected chi connectivity index (χ1v) is 10.2. The Labute approximate surface area is 151 Å². The predicted molar refractivity (Wildman–Crippen MR) is 104 cm³/mol. The number of benzene rings is 1. The molecular weight excluding hydrogens is 318 g/mol. The van der Waals surface area contributed by atoms with E-state index in [1.165, 1.54) is 13.0 Å². The summed E-state index contributed by atoms with van der Waals surface area (Å²) in [6, 6.07) is 7.97. The smallest absolute Gasteiger partial charge is 0.225 e. The molecule has 0 bridgehead atoms. The van der Waals surface area contributed by atoms with E-state index in [9.17, 15) is 4.79 Å². The highest BCUT2D eigenvalue weighted by Crippen LogP contribution is 2.24. The fraction of sp³-hybridized carbons (Fsp3) is 0.632. The topological polar surface area (TPSA) is 35.6 Å². The molecule has 1 aliphatic rings. The van der Waals surface area contributed by atoms with Gasteiger partial charge in [0.05, 0.1) is 5.69 Å². The lowest BCUT2D eigenvalue weighted by molar-refractivity contribution is -0.116. The number of piperazine rings is 1. The molecule has 1 fully saturated rings. The Bertz CT molecular complexity index is 513. The second-order valence-electron chi connectivity index (χ2n) is 6.86. The summed E-state index contributed by atoms with van der Waals surface area (Å²) in [4.78, 5) is 18.3. The van der Waals surface area contributed by atoms with E-state index in [2.05, 4.69) is 29.0 Å². The van der Waals surface area contributed by atoms with Gasteiger partial charge in [0.15, 0.2) is 0 Å². The molecule has 0 radical (unpaired) electrons. The summed E-state index contributed by atoms with van der Waals surface area (Å²) in [6.07, 6.45) is 3.87. The molecule has 1 aliphatic heterocycles. The first-order chi connectivity index (χ1) is 11.6. The average Bonchev–Trinajstić information content (AvgIpc) is 2.59. The number of nitrogens with one attached hydrogen (secondary N) is 1. The van der Waals surface area contributed by atoms with Crippen LogP contribution in [0.15, 0.2) is 29.2 Å². The number of carbonyl (C=O) groups is 1. The Kier molecular flexibility index (Phi) is 8.09. The molecule has 5 heteroatoms. The molecule has 0 aromatic heterocycles. The van der Waals surface area contributed by atoms with E-state index in [-0.39, 0.29) is 5.91 Å². The maximum atomic E-state index is 12.2. The van der Waals surface area contributed by atoms with Crippen molar-refractivity contribution in [2.75, 3.05) is 50.8 Å². The molecular formula is C19H31N3OS. The van der Waals surface area contributed by atoms with Gasteiger partial charge in [0.25, 0.3) is 0 Å². The molecule has 4 nitrogen and oxygen atoms in total. The first kappa shape index (κ1) is 19.3. The van der Waals surface area contributed by atoms with Crippen LogP contribution < -0.4 is 5.32 Å². The number of hydrogen-bond acceptors (Lipinski definition) is 4. The lowest BCUT2D eigenvalue weighted by Gasteiger charge is -2.34. The third kappa shape index (κ3) is 6.46. The molecule has 2 rings (SSSR count). The van der Waals surface area contributed by atoms with Crippen molar-refractivity contribution in [1.82, 2.24) is 9.80 Å². The Morgan fingerprint density at radius 1 is 1.12 bits per heavy atom. The van der Waals surface area contributed by atoms with E-state index in [0.29, 0.717) is 6.42 Å². The SMILES string of the molecule is CSc1ccccc1NC(=O)CCN1CCN(CCC(C)C)CC1. The lowest BCUT2D eigenvalue weighted by atomic mass is 10.1. The summed E-state index contributed by atoms with van der Waals surface area (Å²) in [5.74, 6) is 0.884. The van der Waals surface area contributed by atoms with Crippen molar-refractivity contribution >= 4 is 23.4 Å². The van der Waals surface area contributed by atoms with Gasteiger partial charge >= 0.3 is 0 Å². The van der Waals surface area contributed by atoms with Gasteiger partial charge in [-0.05, 0) is 37.3 Å². The van der Waals surface area contributed by atoms with E-state index in [1.54, 1.807) is 11.8 Å². The standard InChI is InChI=1S/C19H31N3OS/c1-16(2)8-10-21-12-14-22(15-13-21)11-9-19(23)20-17-6-4-5-7-18(17)24-3/h4-7,16H,8-15H2,1-3H3,(H,20,23). The molecule has 24 heavy (non-hydrogen) atoms. The molecule has 1 amide bonds. The summed E-state index contributed by atoms with van der Waals surface area (Å²) in [5.41, 5.74) is 0.925. The van der Waals surface area contributed by atoms with Gasteiger partial charge < -0.3 is 15.1 Å². The largest absolute Gasteiger partial charge is 0.325 e. The minimum absolute atomic E-state index is 0.110. The Morgan fingerprint density at radius 3 is 2.38 bits per heavy atom. The lowest BCUT2D eigenvalue weighted by Crippen LogP contribution is -2.47. The average molecular weight is 350 g/mol. The van der Waals surface area contributed by atoms with E-state index >= 15 is 0 Å². The highest BCUT2D eigenvalue weighted by Gasteiger charge is 2.17. The number of amides is 1. The van der Waals surface area contributed by atoms with Crippen LogP contribution in [0, 0.1) is 5.92 Å². The predicted octanol–water partition coefficient (Wildman–Crippen LogP) is 3.40. The van der Waals surface area contributed by atoms with Gasteiger partial charge in [-0.25, -0.2) is 0 Å². The molecule has 0 spiro atoms. The zero-order chi connectivity index (χ0) is 17.4. The van der Waals surface area contributed by atoms with Gasteiger partial charge in [-0.15, -0.1) is 11.8 Å². The molecule has 0 saturated carbocycles. The zero-order valence-corrected chi connectivity index (χ0v) is 16.1. The van der Waals surface area contributed by atoms with Gasteiger partial charge in [-0.1, -0.05) is 26.0 Å². The monoisotopic (exact) mass is 349 g/mol. The van der Waals surface area contributed by atoms with Crippen LogP contribution in [0.1, 0.15) is 26.7 Å². The van der Waals surface area contributed by atoms with Crippen LogP contribution >= 0.6 is 11.8 Å². The van der Waals surface area contributed by atoms with Crippen LogP contribution in [0.2, 0.25) is 0 Å². The molecule has 134 valence electrons. The van der Waals surface area contributed by atoms with Crippen LogP contribution in [0.5, 0.6) is 0 Å². The molecule has 0 aliphatic carbocycles. The number of thioether (sulfide) groups is 1. The zero-order valence-electron chi connectivity index (χ0n) is 15.3. The maximum Gasteiger partial charge on any atom is 0.225 e. The van der Waals surface area contributed by atoms with Gasteiger partial charge in [0.2, 0.25) is 5.91 Å². The van der Waals surface area contributed by atoms with Crippen LogP contribution in [0.4, 0.5) is 5.69 Å². The number of nitrogens with zero attached hydrogens (tertiary/aromatic N) is 2. The Balaban J connectivity index is 1.68. The van der Waals surface area contributed by atoms with Crippen molar-refractivity contribution in [3.05, 3.63) is 24.3 Å². The quantitative estimate of drug-likeness (QED) is 0.730. The highest BCUT2D eigenvalue weighted by molar-refractivity contribution is 7.98. The summed E-state index contributed by atoms with van der Waals surface area (Å²) in [7, 11) is 0. The number of rotatable bonds is 8. The molecule has 1 saturated heterocycles. The summed E-state index contributed by atoms with van der Waals surface area (Å²) < 4.78 is 0. The second-order valence-corrected chi connectivity index (χ2v) is 7.71. The minimum Gasteiger partial charge on any atom is -0.325 e. The maximum absolute atomic E-state index is 12.2. The third-order valence-electron chi connectivity index (χ3n) is 4.52. The van der Waals surface area contributed by atoms with Gasteiger partial charge in [0, 0.05) is 44.0 Å².